The zero-order valence-corrected chi connectivity index (χ0v) is 14.0. The SMILES string of the molecule is CCCN(CC1CCCNC1)S(=O)(=O)c1cn(C)c(C)n1. The van der Waals surface area contributed by atoms with Crippen molar-refractivity contribution >= 4 is 10.0 Å². The number of rotatable bonds is 6. The minimum atomic E-state index is -3.49. The second-order valence-electron chi connectivity index (χ2n) is 5.81. The fraction of sp³-hybridized carbons (Fsp3) is 0.786. The van der Waals surface area contributed by atoms with Gasteiger partial charge in [0.2, 0.25) is 0 Å². The summed E-state index contributed by atoms with van der Waals surface area (Å²) in [5.41, 5.74) is 0. The van der Waals surface area contributed by atoms with Crippen LogP contribution in [0.4, 0.5) is 0 Å². The Morgan fingerprint density at radius 1 is 1.52 bits per heavy atom. The lowest BCUT2D eigenvalue weighted by molar-refractivity contribution is 0.291. The first-order valence-electron chi connectivity index (χ1n) is 7.66. The van der Waals surface area contributed by atoms with Gasteiger partial charge in [-0.25, -0.2) is 13.4 Å². The van der Waals surface area contributed by atoms with E-state index in [1.165, 1.54) is 0 Å². The fourth-order valence-electron chi connectivity index (χ4n) is 2.71. The van der Waals surface area contributed by atoms with Crippen LogP contribution < -0.4 is 5.32 Å². The molecule has 0 bridgehead atoms. The number of hydrogen-bond acceptors (Lipinski definition) is 4. The van der Waals surface area contributed by atoms with E-state index < -0.39 is 10.0 Å². The summed E-state index contributed by atoms with van der Waals surface area (Å²) in [6.07, 6.45) is 4.62. The van der Waals surface area contributed by atoms with Gasteiger partial charge in [-0.15, -0.1) is 0 Å². The minimum Gasteiger partial charge on any atom is -0.337 e. The van der Waals surface area contributed by atoms with Gasteiger partial charge in [0.25, 0.3) is 10.0 Å². The highest BCUT2D eigenvalue weighted by atomic mass is 32.2. The molecule has 1 aromatic rings. The summed E-state index contributed by atoms with van der Waals surface area (Å²) >= 11 is 0. The molecule has 1 saturated heterocycles. The van der Waals surface area contributed by atoms with E-state index in [9.17, 15) is 8.42 Å². The Kier molecular flexibility index (Phi) is 5.40. The van der Waals surface area contributed by atoms with Crippen molar-refractivity contribution in [2.75, 3.05) is 26.2 Å². The van der Waals surface area contributed by atoms with E-state index in [1.54, 1.807) is 15.1 Å². The van der Waals surface area contributed by atoms with Crippen LogP contribution in [-0.4, -0.2) is 48.5 Å². The molecule has 21 heavy (non-hydrogen) atoms. The Morgan fingerprint density at radius 3 is 2.81 bits per heavy atom. The van der Waals surface area contributed by atoms with E-state index in [4.69, 9.17) is 0 Å². The number of aryl methyl sites for hydroxylation is 2. The highest BCUT2D eigenvalue weighted by Crippen LogP contribution is 2.19. The van der Waals surface area contributed by atoms with Crippen LogP contribution in [0.5, 0.6) is 0 Å². The van der Waals surface area contributed by atoms with Gasteiger partial charge in [0.15, 0.2) is 5.03 Å². The summed E-state index contributed by atoms with van der Waals surface area (Å²) in [6.45, 7) is 6.89. The van der Waals surface area contributed by atoms with Crippen molar-refractivity contribution in [3.05, 3.63) is 12.0 Å². The van der Waals surface area contributed by atoms with Gasteiger partial charge in [-0.3, -0.25) is 0 Å². The Hall–Kier alpha value is -0.920. The quantitative estimate of drug-likeness (QED) is 0.855. The van der Waals surface area contributed by atoms with Crippen molar-refractivity contribution in [3.63, 3.8) is 0 Å². The number of hydrogen-bond donors (Lipinski definition) is 1. The van der Waals surface area contributed by atoms with Gasteiger partial charge in [0.1, 0.15) is 5.82 Å². The van der Waals surface area contributed by atoms with Crippen LogP contribution in [0.3, 0.4) is 0 Å². The maximum atomic E-state index is 12.8. The van der Waals surface area contributed by atoms with Gasteiger partial charge in [0, 0.05) is 26.3 Å². The predicted octanol–water partition coefficient (Wildman–Crippen LogP) is 1.13. The van der Waals surface area contributed by atoms with E-state index in [-0.39, 0.29) is 5.03 Å². The number of sulfonamides is 1. The highest BCUT2D eigenvalue weighted by Gasteiger charge is 2.29. The molecule has 1 atom stereocenters. The first kappa shape index (κ1) is 16.5. The van der Waals surface area contributed by atoms with Gasteiger partial charge in [-0.2, -0.15) is 4.31 Å². The second kappa shape index (κ2) is 6.89. The number of piperidine rings is 1. The van der Waals surface area contributed by atoms with Crippen LogP contribution in [0.15, 0.2) is 11.2 Å². The maximum absolute atomic E-state index is 12.8. The summed E-state index contributed by atoms with van der Waals surface area (Å²) in [6, 6.07) is 0. The number of imidazole rings is 1. The number of aromatic nitrogens is 2. The summed E-state index contributed by atoms with van der Waals surface area (Å²) in [7, 11) is -1.67. The molecule has 1 unspecified atom stereocenters. The summed E-state index contributed by atoms with van der Waals surface area (Å²) in [5.74, 6) is 1.11. The Morgan fingerprint density at radius 2 is 2.29 bits per heavy atom. The number of nitrogens with one attached hydrogen (secondary N) is 1. The van der Waals surface area contributed by atoms with Crippen LogP contribution in [0.1, 0.15) is 32.0 Å². The first-order chi connectivity index (χ1) is 9.95. The van der Waals surface area contributed by atoms with Crippen LogP contribution in [-0.2, 0) is 17.1 Å². The molecule has 1 aliphatic heterocycles. The highest BCUT2D eigenvalue weighted by molar-refractivity contribution is 7.89. The third-order valence-corrected chi connectivity index (χ3v) is 5.76. The molecule has 6 nitrogen and oxygen atoms in total. The van der Waals surface area contributed by atoms with E-state index in [2.05, 4.69) is 10.3 Å². The van der Waals surface area contributed by atoms with Crippen molar-refractivity contribution in [1.29, 1.82) is 0 Å². The van der Waals surface area contributed by atoms with Crippen molar-refractivity contribution in [2.45, 2.75) is 38.1 Å². The average molecular weight is 314 g/mol. The smallest absolute Gasteiger partial charge is 0.262 e. The lowest BCUT2D eigenvalue weighted by atomic mass is 10.00. The predicted molar refractivity (Wildman–Crippen MR) is 82.6 cm³/mol. The molecule has 2 rings (SSSR count). The molecular formula is C14H26N4O2S. The standard InChI is InChI=1S/C14H26N4O2S/c1-4-8-18(10-13-6-5-7-15-9-13)21(19,20)14-11-17(3)12(2)16-14/h11,13,15H,4-10H2,1-3H3. The van der Waals surface area contributed by atoms with Crippen LogP contribution in [0.25, 0.3) is 0 Å². The molecule has 1 fully saturated rings. The molecular weight excluding hydrogens is 288 g/mol. The number of nitrogens with zero attached hydrogens (tertiary/aromatic N) is 3. The van der Waals surface area contributed by atoms with Crippen LogP contribution >= 0.6 is 0 Å². The molecule has 0 saturated carbocycles. The van der Waals surface area contributed by atoms with Crippen LogP contribution in [0, 0.1) is 12.8 Å². The molecule has 0 aromatic carbocycles. The van der Waals surface area contributed by atoms with Gasteiger partial charge in [-0.1, -0.05) is 6.92 Å². The van der Waals surface area contributed by atoms with Gasteiger partial charge < -0.3 is 9.88 Å². The largest absolute Gasteiger partial charge is 0.337 e. The molecule has 2 heterocycles. The van der Waals surface area contributed by atoms with E-state index in [1.807, 2.05) is 20.9 Å². The topological polar surface area (TPSA) is 67.2 Å². The van der Waals surface area contributed by atoms with Gasteiger partial charge in [-0.05, 0) is 45.2 Å². The molecule has 120 valence electrons. The van der Waals surface area contributed by atoms with E-state index in [0.717, 1.165) is 32.4 Å². The molecule has 0 aliphatic carbocycles. The van der Waals surface area contributed by atoms with Crippen LogP contribution in [0.2, 0.25) is 0 Å². The molecule has 7 heteroatoms. The minimum absolute atomic E-state index is 0.166. The fourth-order valence-corrected chi connectivity index (χ4v) is 4.34. The summed E-state index contributed by atoms with van der Waals surface area (Å²) in [5, 5.41) is 3.51. The summed E-state index contributed by atoms with van der Waals surface area (Å²) in [4.78, 5) is 4.20. The molecule has 0 spiro atoms. The van der Waals surface area contributed by atoms with Crippen molar-refractivity contribution in [3.8, 4) is 0 Å². The van der Waals surface area contributed by atoms with Crippen molar-refractivity contribution in [2.24, 2.45) is 13.0 Å². The third-order valence-electron chi connectivity index (χ3n) is 4.02. The Bertz CT molecular complexity index is 542. The molecule has 1 N–H and O–H groups in total. The normalized spacial score (nSPS) is 20.1. The van der Waals surface area contributed by atoms with E-state index >= 15 is 0 Å². The van der Waals surface area contributed by atoms with Gasteiger partial charge in [0.05, 0.1) is 0 Å². The lowest BCUT2D eigenvalue weighted by Crippen LogP contribution is -2.41. The van der Waals surface area contributed by atoms with Crippen molar-refractivity contribution < 1.29 is 8.42 Å². The zero-order valence-electron chi connectivity index (χ0n) is 13.2. The Balaban J connectivity index is 2.18. The molecule has 0 amide bonds. The zero-order chi connectivity index (χ0) is 15.5. The third kappa shape index (κ3) is 3.84. The molecule has 0 radical (unpaired) electrons. The Labute approximate surface area is 127 Å². The first-order valence-corrected chi connectivity index (χ1v) is 9.10. The average Bonchev–Trinajstić information content (AvgIpc) is 2.80. The maximum Gasteiger partial charge on any atom is 0.262 e. The molecule has 1 aromatic heterocycles. The lowest BCUT2D eigenvalue weighted by Gasteiger charge is -2.28. The van der Waals surface area contributed by atoms with E-state index in [0.29, 0.717) is 24.8 Å². The monoisotopic (exact) mass is 314 g/mol. The van der Waals surface area contributed by atoms with Gasteiger partial charge >= 0.3 is 0 Å². The second-order valence-corrected chi connectivity index (χ2v) is 7.70. The van der Waals surface area contributed by atoms with Crippen molar-refractivity contribution in [1.82, 2.24) is 19.2 Å². The summed E-state index contributed by atoms with van der Waals surface area (Å²) < 4.78 is 28.9. The molecule has 1 aliphatic rings.